The number of pyridine rings is 1. The van der Waals surface area contributed by atoms with Crippen molar-refractivity contribution in [3.8, 4) is 11.5 Å². The van der Waals surface area contributed by atoms with Gasteiger partial charge in [0.15, 0.2) is 6.61 Å². The number of hydrogen-bond donors (Lipinski definition) is 1. The number of aromatic nitrogens is 1. The monoisotopic (exact) mass is 499 g/mol. The Hall–Kier alpha value is -4.36. The zero-order valence-electron chi connectivity index (χ0n) is 19.2. The molecule has 0 saturated carbocycles. The number of fused-ring (bicyclic) bond motifs is 1. The van der Waals surface area contributed by atoms with Crippen LogP contribution in [0.5, 0.6) is 11.5 Å². The van der Waals surface area contributed by atoms with Gasteiger partial charge in [-0.15, -0.1) is 0 Å². The molecular formula is C28H22ClN3O4. The predicted molar refractivity (Wildman–Crippen MR) is 138 cm³/mol. The molecule has 0 unspecified atom stereocenters. The van der Waals surface area contributed by atoms with Crippen molar-refractivity contribution in [2.45, 2.75) is 13.2 Å². The Balaban J connectivity index is 1.24. The Morgan fingerprint density at radius 2 is 1.81 bits per heavy atom. The molecule has 1 aliphatic rings. The second-order valence-corrected chi connectivity index (χ2v) is 8.58. The summed E-state index contributed by atoms with van der Waals surface area (Å²) < 4.78 is 11.4. The fourth-order valence-corrected chi connectivity index (χ4v) is 3.89. The van der Waals surface area contributed by atoms with E-state index in [0.29, 0.717) is 46.7 Å². The number of nitrogens with zero attached hydrogens (tertiary/aromatic N) is 2. The van der Waals surface area contributed by atoms with Gasteiger partial charge < -0.3 is 19.7 Å². The molecule has 0 bridgehead atoms. The van der Waals surface area contributed by atoms with Crippen LogP contribution < -0.4 is 19.7 Å². The van der Waals surface area contributed by atoms with Crippen molar-refractivity contribution >= 4 is 34.8 Å². The van der Waals surface area contributed by atoms with E-state index in [0.717, 1.165) is 11.1 Å². The molecule has 1 aromatic heterocycles. The Morgan fingerprint density at radius 1 is 1.00 bits per heavy atom. The molecule has 3 aromatic carbocycles. The summed E-state index contributed by atoms with van der Waals surface area (Å²) in [5, 5.41) is 3.27. The lowest BCUT2D eigenvalue weighted by atomic mass is 10.1. The van der Waals surface area contributed by atoms with Crippen LogP contribution in [0.2, 0.25) is 5.15 Å². The normalized spacial score (nSPS) is 12.5. The molecule has 8 heteroatoms. The van der Waals surface area contributed by atoms with Gasteiger partial charge >= 0.3 is 0 Å². The van der Waals surface area contributed by atoms with Crippen molar-refractivity contribution < 1.29 is 19.1 Å². The predicted octanol–water partition coefficient (Wildman–Crippen LogP) is 5.49. The van der Waals surface area contributed by atoms with Gasteiger partial charge in [0.2, 0.25) is 0 Å². The van der Waals surface area contributed by atoms with E-state index < -0.39 is 0 Å². The third kappa shape index (κ3) is 5.47. The van der Waals surface area contributed by atoms with E-state index in [1.807, 2.05) is 48.5 Å². The molecule has 1 aliphatic heterocycles. The smallest absolute Gasteiger partial charge is 0.265 e. The highest BCUT2D eigenvalue weighted by Gasteiger charge is 2.26. The summed E-state index contributed by atoms with van der Waals surface area (Å²) in [5.41, 5.74) is 3.56. The van der Waals surface area contributed by atoms with Crippen molar-refractivity contribution in [2.24, 2.45) is 0 Å². The standard InChI is InChI=1S/C28H22ClN3O4/c29-26-13-6-20(15-30-26)16-32-24-12-7-21(14-25(24)36-18-27(32)33)28(34)31-22-8-10-23(11-9-22)35-17-19-4-2-1-3-5-19/h1-15H,16-18H2,(H,31,34). The highest BCUT2D eigenvalue weighted by atomic mass is 35.5. The molecule has 0 spiro atoms. The van der Waals surface area contributed by atoms with Crippen molar-refractivity contribution in [3.63, 3.8) is 0 Å². The topological polar surface area (TPSA) is 80.8 Å². The molecule has 2 amide bonds. The van der Waals surface area contributed by atoms with E-state index in [2.05, 4.69) is 10.3 Å². The van der Waals surface area contributed by atoms with E-state index in [-0.39, 0.29) is 18.4 Å². The fraction of sp³-hybridized carbons (Fsp3) is 0.107. The Kier molecular flexibility index (Phi) is 6.82. The van der Waals surface area contributed by atoms with E-state index in [1.54, 1.807) is 47.5 Å². The molecule has 0 radical (unpaired) electrons. The Bertz CT molecular complexity index is 1380. The van der Waals surface area contributed by atoms with Crippen LogP contribution in [-0.2, 0) is 17.9 Å². The second kappa shape index (κ2) is 10.5. The molecule has 1 N–H and O–H groups in total. The number of anilines is 2. The Morgan fingerprint density at radius 3 is 2.56 bits per heavy atom. The van der Waals surface area contributed by atoms with Crippen LogP contribution in [0, 0.1) is 0 Å². The molecule has 5 rings (SSSR count). The van der Waals surface area contributed by atoms with E-state index in [9.17, 15) is 9.59 Å². The summed E-state index contributed by atoms with van der Waals surface area (Å²) in [4.78, 5) is 31.1. The molecule has 0 atom stereocenters. The van der Waals surface area contributed by atoms with Gasteiger partial charge in [0, 0.05) is 17.4 Å². The van der Waals surface area contributed by atoms with Crippen LogP contribution in [0.3, 0.4) is 0 Å². The number of nitrogens with one attached hydrogen (secondary N) is 1. The number of carbonyl (C=O) groups excluding carboxylic acids is 2. The number of halogens is 1. The van der Waals surface area contributed by atoms with Gasteiger partial charge in [0.1, 0.15) is 23.3 Å². The fourth-order valence-electron chi connectivity index (χ4n) is 3.78. The number of carbonyl (C=O) groups is 2. The first-order chi connectivity index (χ1) is 17.5. The van der Waals surface area contributed by atoms with E-state index in [4.69, 9.17) is 21.1 Å². The van der Waals surface area contributed by atoms with Crippen LogP contribution in [-0.4, -0.2) is 23.4 Å². The van der Waals surface area contributed by atoms with Crippen molar-refractivity contribution in [1.82, 2.24) is 4.98 Å². The highest BCUT2D eigenvalue weighted by molar-refractivity contribution is 6.29. The molecule has 180 valence electrons. The quantitative estimate of drug-likeness (QED) is 0.340. The maximum Gasteiger partial charge on any atom is 0.265 e. The zero-order valence-corrected chi connectivity index (χ0v) is 19.9. The van der Waals surface area contributed by atoms with Crippen molar-refractivity contribution in [2.75, 3.05) is 16.8 Å². The Labute approximate surface area is 213 Å². The summed E-state index contributed by atoms with van der Waals surface area (Å²) in [6.45, 7) is 0.683. The lowest BCUT2D eigenvalue weighted by Crippen LogP contribution is -2.38. The molecule has 7 nitrogen and oxygen atoms in total. The van der Waals surface area contributed by atoms with Gasteiger partial charge in [-0.1, -0.05) is 48.0 Å². The summed E-state index contributed by atoms with van der Waals surface area (Å²) in [7, 11) is 0. The van der Waals surface area contributed by atoms with Crippen LogP contribution in [0.15, 0.2) is 91.1 Å². The van der Waals surface area contributed by atoms with Crippen molar-refractivity contribution in [3.05, 3.63) is 113 Å². The zero-order chi connectivity index (χ0) is 24.9. The number of amides is 2. The largest absolute Gasteiger partial charge is 0.489 e. The molecule has 0 saturated heterocycles. The first kappa shape index (κ1) is 23.4. The number of rotatable bonds is 7. The molecular weight excluding hydrogens is 478 g/mol. The van der Waals surface area contributed by atoms with Gasteiger partial charge in [-0.3, -0.25) is 9.59 Å². The minimum absolute atomic E-state index is 0.108. The first-order valence-corrected chi connectivity index (χ1v) is 11.7. The van der Waals surface area contributed by atoms with Crippen LogP contribution in [0.25, 0.3) is 0 Å². The maximum absolute atomic E-state index is 12.9. The van der Waals surface area contributed by atoms with Gasteiger partial charge in [0.05, 0.1) is 12.2 Å². The van der Waals surface area contributed by atoms with Crippen LogP contribution >= 0.6 is 11.6 Å². The number of benzene rings is 3. The third-order valence-corrected chi connectivity index (χ3v) is 5.88. The van der Waals surface area contributed by atoms with Gasteiger partial charge in [-0.25, -0.2) is 4.98 Å². The summed E-state index contributed by atoms with van der Waals surface area (Å²) in [5.74, 6) is 0.711. The highest BCUT2D eigenvalue weighted by Crippen LogP contribution is 2.34. The van der Waals surface area contributed by atoms with Crippen LogP contribution in [0.1, 0.15) is 21.5 Å². The van der Waals surface area contributed by atoms with Gasteiger partial charge in [0.25, 0.3) is 11.8 Å². The minimum Gasteiger partial charge on any atom is -0.489 e. The molecule has 0 aliphatic carbocycles. The SMILES string of the molecule is O=C(Nc1ccc(OCc2ccccc2)cc1)c1ccc2c(c1)OCC(=O)N2Cc1ccc(Cl)nc1. The molecule has 0 fully saturated rings. The molecule has 2 heterocycles. The van der Waals surface area contributed by atoms with E-state index in [1.165, 1.54) is 0 Å². The maximum atomic E-state index is 12.9. The molecule has 36 heavy (non-hydrogen) atoms. The average Bonchev–Trinajstić information content (AvgIpc) is 2.91. The summed E-state index contributed by atoms with van der Waals surface area (Å²) in [6, 6.07) is 25.6. The van der Waals surface area contributed by atoms with E-state index >= 15 is 0 Å². The second-order valence-electron chi connectivity index (χ2n) is 8.19. The van der Waals surface area contributed by atoms with Gasteiger partial charge in [-0.05, 0) is 59.7 Å². The lowest BCUT2D eigenvalue weighted by molar-refractivity contribution is -0.121. The third-order valence-electron chi connectivity index (χ3n) is 5.65. The molecule has 4 aromatic rings. The summed E-state index contributed by atoms with van der Waals surface area (Å²) in [6.07, 6.45) is 1.63. The average molecular weight is 500 g/mol. The minimum atomic E-state index is -0.287. The van der Waals surface area contributed by atoms with Crippen molar-refractivity contribution in [1.29, 1.82) is 0 Å². The summed E-state index contributed by atoms with van der Waals surface area (Å²) >= 11 is 5.86. The van der Waals surface area contributed by atoms with Crippen LogP contribution in [0.4, 0.5) is 11.4 Å². The lowest BCUT2D eigenvalue weighted by Gasteiger charge is -2.29. The number of ether oxygens (including phenoxy) is 2. The first-order valence-electron chi connectivity index (χ1n) is 11.3. The number of hydrogen-bond acceptors (Lipinski definition) is 5. The van der Waals surface area contributed by atoms with Gasteiger partial charge in [-0.2, -0.15) is 0 Å².